The fraction of sp³-hybridized carbons (Fsp3) is 0.0625. The van der Waals surface area contributed by atoms with Crippen molar-refractivity contribution in [1.82, 2.24) is 19.9 Å². The molecule has 8 aromatic rings. The van der Waals surface area contributed by atoms with Crippen LogP contribution in [0.1, 0.15) is 30.5 Å². The molecule has 0 unspecified atom stereocenters. The second-order valence-corrected chi connectivity index (χ2v) is 13.9. The molecule has 250 valence electrons. The van der Waals surface area contributed by atoms with Crippen molar-refractivity contribution >= 4 is 0 Å². The lowest BCUT2D eigenvalue weighted by Gasteiger charge is -2.23. The van der Waals surface area contributed by atoms with Crippen molar-refractivity contribution in [3.63, 3.8) is 0 Å². The van der Waals surface area contributed by atoms with Crippen LogP contribution in [0.25, 0.3) is 78.7 Å². The number of rotatable bonds is 6. The molecule has 1 aliphatic rings. The molecule has 2 aromatic heterocycles. The Morgan fingerprint density at radius 3 is 1.60 bits per heavy atom. The van der Waals surface area contributed by atoms with Gasteiger partial charge in [0.1, 0.15) is 0 Å². The second kappa shape index (κ2) is 12.9. The molecule has 0 aliphatic heterocycles. The maximum absolute atomic E-state index is 10.0. The lowest BCUT2D eigenvalue weighted by Crippen LogP contribution is -2.16. The summed E-state index contributed by atoms with van der Waals surface area (Å²) in [6.45, 7) is 4.43. The van der Waals surface area contributed by atoms with E-state index in [4.69, 9.17) is 15.0 Å². The van der Waals surface area contributed by atoms with E-state index in [0.29, 0.717) is 17.5 Å². The van der Waals surface area contributed by atoms with E-state index in [-0.39, 0.29) is 5.41 Å². The van der Waals surface area contributed by atoms with Gasteiger partial charge in [0.05, 0.1) is 11.6 Å². The Kier molecular flexibility index (Phi) is 7.79. The van der Waals surface area contributed by atoms with Crippen LogP contribution in [0.15, 0.2) is 164 Å². The van der Waals surface area contributed by atoms with Gasteiger partial charge in [0, 0.05) is 34.5 Å². The molecule has 5 nitrogen and oxygen atoms in total. The largest absolute Gasteiger partial charge is 0.264 e. The molecule has 6 aromatic carbocycles. The monoisotopic (exact) mass is 679 g/mol. The predicted molar refractivity (Wildman–Crippen MR) is 213 cm³/mol. The molecule has 0 N–H and O–H groups in total. The second-order valence-electron chi connectivity index (χ2n) is 13.9. The topological polar surface area (TPSA) is 75.3 Å². The quantitative estimate of drug-likeness (QED) is 0.175. The minimum Gasteiger partial charge on any atom is -0.264 e. The van der Waals surface area contributed by atoms with Gasteiger partial charge in [-0.2, -0.15) is 5.26 Å². The highest BCUT2D eigenvalue weighted by atomic mass is 15.0. The highest BCUT2D eigenvalue weighted by molar-refractivity contribution is 5.87. The van der Waals surface area contributed by atoms with Crippen molar-refractivity contribution in [3.8, 4) is 84.7 Å². The van der Waals surface area contributed by atoms with E-state index < -0.39 is 0 Å². The predicted octanol–water partition coefficient (Wildman–Crippen LogP) is 11.4. The number of nitriles is 1. The maximum Gasteiger partial charge on any atom is 0.164 e. The highest BCUT2D eigenvalue weighted by Crippen LogP contribution is 2.51. The number of fused-ring (bicyclic) bond motifs is 3. The Morgan fingerprint density at radius 1 is 0.453 bits per heavy atom. The third kappa shape index (κ3) is 5.77. The number of hydrogen-bond donors (Lipinski definition) is 0. The van der Waals surface area contributed by atoms with Crippen LogP contribution in [0.4, 0.5) is 0 Å². The first-order valence-corrected chi connectivity index (χ1v) is 17.7. The average Bonchev–Trinajstić information content (AvgIpc) is 3.47. The van der Waals surface area contributed by atoms with Gasteiger partial charge in [-0.3, -0.25) is 4.98 Å². The Morgan fingerprint density at radius 2 is 1.00 bits per heavy atom. The van der Waals surface area contributed by atoms with Crippen molar-refractivity contribution < 1.29 is 0 Å². The molecular weight excluding hydrogens is 647 g/mol. The summed E-state index contributed by atoms with van der Waals surface area (Å²) in [5, 5.41) is 10.0. The van der Waals surface area contributed by atoms with E-state index in [2.05, 4.69) is 97.7 Å². The van der Waals surface area contributed by atoms with Crippen LogP contribution >= 0.6 is 0 Å². The summed E-state index contributed by atoms with van der Waals surface area (Å²) in [5.41, 5.74) is 14.2. The van der Waals surface area contributed by atoms with Crippen LogP contribution in [0.5, 0.6) is 0 Å². The molecule has 0 saturated heterocycles. The molecule has 2 heterocycles. The number of aromatic nitrogens is 4. The minimum atomic E-state index is -0.334. The lowest BCUT2D eigenvalue weighted by molar-refractivity contribution is 0.658. The summed E-state index contributed by atoms with van der Waals surface area (Å²) in [6, 6.07) is 54.5. The molecule has 1 aliphatic carbocycles. The zero-order chi connectivity index (χ0) is 35.9. The minimum absolute atomic E-state index is 0.334. The van der Waals surface area contributed by atoms with E-state index in [1.807, 2.05) is 85.1 Å². The first-order chi connectivity index (χ1) is 26.0. The van der Waals surface area contributed by atoms with Gasteiger partial charge in [0.15, 0.2) is 17.5 Å². The summed E-state index contributed by atoms with van der Waals surface area (Å²) in [4.78, 5) is 19.4. The molecule has 0 radical (unpaired) electrons. The molecule has 53 heavy (non-hydrogen) atoms. The standard InChI is InChI=1S/C48H33N5/c1-48(2)43-28-35(22-23-41(43)42-17-9-15-36(29-49)44(42)48)39-25-38(32-20-18-31(19-21-32)37-16-10-24-50-30-37)26-40(27-39)47-52-45(33-11-5-3-6-12-33)51-46(53-47)34-13-7-4-8-14-34/h3-28,30H,1-2H3. The number of hydrogen-bond acceptors (Lipinski definition) is 5. The SMILES string of the molecule is CC1(C)c2cc(-c3cc(-c4ccc(-c5cccnc5)cc4)cc(-c4nc(-c5ccccc5)nc(-c5ccccc5)n4)c3)ccc2-c2cccc(C#N)c21. The smallest absolute Gasteiger partial charge is 0.164 e. The molecule has 0 fully saturated rings. The molecule has 0 amide bonds. The maximum atomic E-state index is 10.0. The molecular formula is C48H33N5. The summed E-state index contributed by atoms with van der Waals surface area (Å²) in [5.74, 6) is 1.83. The summed E-state index contributed by atoms with van der Waals surface area (Å²) in [6.07, 6.45) is 3.68. The zero-order valence-corrected chi connectivity index (χ0v) is 29.3. The van der Waals surface area contributed by atoms with E-state index in [0.717, 1.165) is 66.8 Å². The van der Waals surface area contributed by atoms with Crippen molar-refractivity contribution in [2.75, 3.05) is 0 Å². The van der Waals surface area contributed by atoms with Crippen LogP contribution in [-0.2, 0) is 5.41 Å². The first-order valence-electron chi connectivity index (χ1n) is 17.7. The third-order valence-corrected chi connectivity index (χ3v) is 10.2. The summed E-state index contributed by atoms with van der Waals surface area (Å²) in [7, 11) is 0. The van der Waals surface area contributed by atoms with Crippen LogP contribution in [0, 0.1) is 11.3 Å². The van der Waals surface area contributed by atoms with Gasteiger partial charge in [-0.15, -0.1) is 0 Å². The molecule has 0 bridgehead atoms. The van der Waals surface area contributed by atoms with Crippen molar-refractivity contribution in [1.29, 1.82) is 5.26 Å². The van der Waals surface area contributed by atoms with Gasteiger partial charge in [-0.1, -0.05) is 129 Å². The van der Waals surface area contributed by atoms with Crippen LogP contribution in [0.3, 0.4) is 0 Å². The van der Waals surface area contributed by atoms with Gasteiger partial charge in [-0.25, -0.2) is 15.0 Å². The van der Waals surface area contributed by atoms with Gasteiger partial charge < -0.3 is 0 Å². The van der Waals surface area contributed by atoms with E-state index >= 15 is 0 Å². The van der Waals surface area contributed by atoms with Crippen LogP contribution in [0.2, 0.25) is 0 Å². The molecule has 0 saturated carbocycles. The molecule has 9 rings (SSSR count). The number of pyridine rings is 1. The Bertz CT molecular complexity index is 2620. The van der Waals surface area contributed by atoms with Crippen LogP contribution < -0.4 is 0 Å². The normalized spacial score (nSPS) is 12.5. The fourth-order valence-corrected chi connectivity index (χ4v) is 7.57. The first kappa shape index (κ1) is 31.9. The van der Waals surface area contributed by atoms with Crippen molar-refractivity contribution in [3.05, 3.63) is 181 Å². The summed E-state index contributed by atoms with van der Waals surface area (Å²) < 4.78 is 0. The summed E-state index contributed by atoms with van der Waals surface area (Å²) >= 11 is 0. The van der Waals surface area contributed by atoms with E-state index in [9.17, 15) is 5.26 Å². The van der Waals surface area contributed by atoms with E-state index in [1.54, 1.807) is 6.20 Å². The average molecular weight is 680 g/mol. The van der Waals surface area contributed by atoms with Gasteiger partial charge in [0.25, 0.3) is 0 Å². The van der Waals surface area contributed by atoms with Gasteiger partial charge >= 0.3 is 0 Å². The third-order valence-electron chi connectivity index (χ3n) is 10.2. The highest BCUT2D eigenvalue weighted by Gasteiger charge is 2.37. The number of nitrogens with zero attached hydrogens (tertiary/aromatic N) is 5. The van der Waals surface area contributed by atoms with Crippen LogP contribution in [-0.4, -0.2) is 19.9 Å². The molecule has 5 heteroatoms. The van der Waals surface area contributed by atoms with Crippen molar-refractivity contribution in [2.24, 2.45) is 0 Å². The Hall–Kier alpha value is -7.03. The zero-order valence-electron chi connectivity index (χ0n) is 29.3. The van der Waals surface area contributed by atoms with Crippen molar-refractivity contribution in [2.45, 2.75) is 19.3 Å². The Balaban J connectivity index is 1.23. The molecule has 0 spiro atoms. The fourth-order valence-electron chi connectivity index (χ4n) is 7.57. The van der Waals surface area contributed by atoms with Gasteiger partial charge in [-0.05, 0) is 92.0 Å². The number of benzene rings is 6. The molecule has 0 atom stereocenters. The lowest BCUT2D eigenvalue weighted by atomic mass is 9.79. The Labute approximate surface area is 309 Å². The van der Waals surface area contributed by atoms with E-state index in [1.165, 1.54) is 11.1 Å². The van der Waals surface area contributed by atoms with Gasteiger partial charge in [0.2, 0.25) is 0 Å².